The molecule has 6 heteroatoms. The molecule has 2 amide bonds. The van der Waals surface area contributed by atoms with E-state index >= 15 is 0 Å². The molecule has 0 aromatic heterocycles. The van der Waals surface area contributed by atoms with Crippen molar-refractivity contribution in [1.82, 2.24) is 5.32 Å². The fourth-order valence-corrected chi connectivity index (χ4v) is 3.65. The summed E-state index contributed by atoms with van der Waals surface area (Å²) in [7, 11) is 0. The van der Waals surface area contributed by atoms with Crippen LogP contribution in [0.4, 0.5) is 10.1 Å². The Morgan fingerprint density at radius 1 is 1.24 bits per heavy atom. The van der Waals surface area contributed by atoms with E-state index in [1.165, 1.54) is 11.0 Å². The smallest absolute Gasteiger partial charge is 0.227 e. The van der Waals surface area contributed by atoms with Gasteiger partial charge in [-0.1, -0.05) is 46.3 Å². The van der Waals surface area contributed by atoms with E-state index in [-0.39, 0.29) is 36.5 Å². The van der Waals surface area contributed by atoms with E-state index < -0.39 is 11.7 Å². The van der Waals surface area contributed by atoms with Gasteiger partial charge in [-0.05, 0) is 30.7 Å². The van der Waals surface area contributed by atoms with Gasteiger partial charge in [0.1, 0.15) is 5.82 Å². The van der Waals surface area contributed by atoms with Crippen molar-refractivity contribution in [2.75, 3.05) is 11.4 Å². The van der Waals surface area contributed by atoms with E-state index in [1.54, 1.807) is 18.2 Å². The standard InChI is InChI=1S/C19H18BrFN2O2/c1-12(14-6-2-3-7-15(14)20)22-19(25)13-10-18(24)23(11-13)17-9-5-4-8-16(17)21/h2-9,12-13H,10-11H2,1H3,(H,22,25)/t12-,13-/m1/s1. The maximum absolute atomic E-state index is 13.9. The largest absolute Gasteiger partial charge is 0.349 e. The fraction of sp³-hybridized carbons (Fsp3) is 0.263. The first-order chi connectivity index (χ1) is 12.0. The molecule has 25 heavy (non-hydrogen) atoms. The van der Waals surface area contributed by atoms with Crippen molar-refractivity contribution < 1.29 is 14.0 Å². The van der Waals surface area contributed by atoms with Crippen molar-refractivity contribution in [3.05, 3.63) is 64.4 Å². The Hall–Kier alpha value is -2.21. The molecule has 0 spiro atoms. The Labute approximate surface area is 154 Å². The van der Waals surface area contributed by atoms with Crippen LogP contribution in [-0.4, -0.2) is 18.4 Å². The highest BCUT2D eigenvalue weighted by Crippen LogP contribution is 2.28. The number of carbonyl (C=O) groups is 2. The number of hydrogen-bond donors (Lipinski definition) is 1. The molecule has 1 aliphatic heterocycles. The van der Waals surface area contributed by atoms with Crippen LogP contribution >= 0.6 is 15.9 Å². The Morgan fingerprint density at radius 3 is 2.64 bits per heavy atom. The van der Waals surface area contributed by atoms with Gasteiger partial charge in [0.15, 0.2) is 0 Å². The minimum atomic E-state index is -0.489. The highest BCUT2D eigenvalue weighted by Gasteiger charge is 2.36. The van der Waals surface area contributed by atoms with E-state index in [0.717, 1.165) is 10.0 Å². The zero-order valence-corrected chi connectivity index (χ0v) is 15.3. The Bertz CT molecular complexity index is 812. The lowest BCUT2D eigenvalue weighted by Gasteiger charge is -2.19. The van der Waals surface area contributed by atoms with Crippen molar-refractivity contribution in [1.29, 1.82) is 0 Å². The SMILES string of the molecule is C[C@@H](NC(=O)[C@@H]1CC(=O)N(c2ccccc2F)C1)c1ccccc1Br. The normalized spacial score (nSPS) is 18.3. The van der Waals surface area contributed by atoms with E-state index in [4.69, 9.17) is 0 Å². The van der Waals surface area contributed by atoms with Gasteiger partial charge in [0, 0.05) is 17.4 Å². The summed E-state index contributed by atoms with van der Waals surface area (Å²) in [5, 5.41) is 2.94. The zero-order chi connectivity index (χ0) is 18.0. The molecule has 1 heterocycles. The first-order valence-electron chi connectivity index (χ1n) is 8.07. The van der Waals surface area contributed by atoms with Gasteiger partial charge in [0.05, 0.1) is 17.6 Å². The van der Waals surface area contributed by atoms with E-state index in [1.807, 2.05) is 31.2 Å². The number of rotatable bonds is 4. The molecule has 0 radical (unpaired) electrons. The van der Waals surface area contributed by atoms with Gasteiger partial charge >= 0.3 is 0 Å². The van der Waals surface area contributed by atoms with Gasteiger partial charge in [-0.2, -0.15) is 0 Å². The second-order valence-electron chi connectivity index (χ2n) is 6.11. The van der Waals surface area contributed by atoms with E-state index in [0.29, 0.717) is 0 Å². The summed E-state index contributed by atoms with van der Waals surface area (Å²) in [6.45, 7) is 2.08. The Balaban J connectivity index is 1.69. The molecule has 1 N–H and O–H groups in total. The third kappa shape index (κ3) is 3.74. The first kappa shape index (κ1) is 17.6. The van der Waals surface area contributed by atoms with Crippen LogP contribution in [-0.2, 0) is 9.59 Å². The average molecular weight is 405 g/mol. The average Bonchev–Trinajstić information content (AvgIpc) is 2.97. The Morgan fingerprint density at radius 2 is 1.92 bits per heavy atom. The van der Waals surface area contributed by atoms with Crippen LogP contribution in [0.3, 0.4) is 0 Å². The van der Waals surface area contributed by atoms with E-state index in [9.17, 15) is 14.0 Å². The molecular weight excluding hydrogens is 387 g/mol. The van der Waals surface area contributed by atoms with Crippen LogP contribution < -0.4 is 10.2 Å². The van der Waals surface area contributed by atoms with Crippen LogP contribution in [0.15, 0.2) is 53.0 Å². The quantitative estimate of drug-likeness (QED) is 0.841. The molecule has 0 aliphatic carbocycles. The molecule has 130 valence electrons. The van der Waals surface area contributed by atoms with Gasteiger partial charge in [-0.3, -0.25) is 9.59 Å². The van der Waals surface area contributed by atoms with Crippen molar-refractivity contribution in [3.63, 3.8) is 0 Å². The summed E-state index contributed by atoms with van der Waals surface area (Å²) < 4.78 is 14.8. The fourth-order valence-electron chi connectivity index (χ4n) is 3.02. The molecule has 3 rings (SSSR count). The van der Waals surface area contributed by atoms with Crippen molar-refractivity contribution in [3.8, 4) is 0 Å². The molecule has 1 saturated heterocycles. The summed E-state index contributed by atoms with van der Waals surface area (Å²) in [4.78, 5) is 26.1. The maximum atomic E-state index is 13.9. The third-order valence-electron chi connectivity index (χ3n) is 4.37. The molecule has 2 atom stereocenters. The highest BCUT2D eigenvalue weighted by atomic mass is 79.9. The van der Waals surface area contributed by atoms with Crippen molar-refractivity contribution in [2.45, 2.75) is 19.4 Å². The minimum Gasteiger partial charge on any atom is -0.349 e. The minimum absolute atomic E-state index is 0.0862. The Kier molecular flexibility index (Phi) is 5.18. The predicted molar refractivity (Wildman–Crippen MR) is 97.6 cm³/mol. The summed E-state index contributed by atoms with van der Waals surface area (Å²) in [6, 6.07) is 13.6. The number of para-hydroxylation sites is 1. The van der Waals surface area contributed by atoms with Gasteiger partial charge in [-0.15, -0.1) is 0 Å². The van der Waals surface area contributed by atoms with Crippen LogP contribution in [0, 0.1) is 11.7 Å². The molecule has 0 bridgehead atoms. The molecule has 0 saturated carbocycles. The second-order valence-corrected chi connectivity index (χ2v) is 6.96. The number of carbonyl (C=O) groups excluding carboxylic acids is 2. The number of hydrogen-bond acceptors (Lipinski definition) is 2. The summed E-state index contributed by atoms with van der Waals surface area (Å²) in [5.41, 5.74) is 1.19. The zero-order valence-electron chi connectivity index (χ0n) is 13.7. The van der Waals surface area contributed by atoms with Crippen LogP contribution in [0.5, 0.6) is 0 Å². The van der Waals surface area contributed by atoms with Gasteiger partial charge in [0.2, 0.25) is 11.8 Å². The monoisotopic (exact) mass is 404 g/mol. The number of amides is 2. The molecular formula is C19H18BrFN2O2. The second kappa shape index (κ2) is 7.35. The topological polar surface area (TPSA) is 49.4 Å². The molecule has 0 unspecified atom stereocenters. The van der Waals surface area contributed by atoms with E-state index in [2.05, 4.69) is 21.2 Å². The molecule has 1 fully saturated rings. The summed E-state index contributed by atoms with van der Waals surface area (Å²) in [5.74, 6) is -1.38. The van der Waals surface area contributed by atoms with Crippen molar-refractivity contribution in [2.24, 2.45) is 5.92 Å². The van der Waals surface area contributed by atoms with Gasteiger partial charge in [0.25, 0.3) is 0 Å². The first-order valence-corrected chi connectivity index (χ1v) is 8.86. The van der Waals surface area contributed by atoms with Crippen molar-refractivity contribution >= 4 is 33.4 Å². The van der Waals surface area contributed by atoms with Crippen LogP contribution in [0.2, 0.25) is 0 Å². The number of anilines is 1. The lowest BCUT2D eigenvalue weighted by atomic mass is 10.1. The lowest BCUT2D eigenvalue weighted by molar-refractivity contribution is -0.126. The maximum Gasteiger partial charge on any atom is 0.227 e. The molecule has 4 nitrogen and oxygen atoms in total. The third-order valence-corrected chi connectivity index (χ3v) is 5.09. The number of nitrogens with one attached hydrogen (secondary N) is 1. The number of benzene rings is 2. The molecule has 2 aromatic rings. The summed E-state index contributed by atoms with van der Waals surface area (Å²) >= 11 is 3.47. The molecule has 2 aromatic carbocycles. The highest BCUT2D eigenvalue weighted by molar-refractivity contribution is 9.10. The van der Waals surface area contributed by atoms with Gasteiger partial charge in [-0.25, -0.2) is 4.39 Å². The van der Waals surface area contributed by atoms with Crippen LogP contribution in [0.1, 0.15) is 24.9 Å². The predicted octanol–water partition coefficient (Wildman–Crippen LogP) is 3.82. The number of nitrogens with zero attached hydrogens (tertiary/aromatic N) is 1. The summed E-state index contributed by atoms with van der Waals surface area (Å²) in [6.07, 6.45) is 0.0862. The lowest BCUT2D eigenvalue weighted by Crippen LogP contribution is -2.34. The van der Waals surface area contributed by atoms with Gasteiger partial charge < -0.3 is 10.2 Å². The number of halogens is 2. The van der Waals surface area contributed by atoms with Crippen LogP contribution in [0.25, 0.3) is 0 Å². The molecule has 1 aliphatic rings.